The first-order valence-electron chi connectivity index (χ1n) is 7.91. The van der Waals surface area contributed by atoms with Gasteiger partial charge in [0.05, 0.1) is 0 Å². The number of anilines is 2. The Morgan fingerprint density at radius 1 is 1.19 bits per heavy atom. The Labute approximate surface area is 125 Å². The van der Waals surface area contributed by atoms with Crippen LogP contribution in [0.3, 0.4) is 0 Å². The van der Waals surface area contributed by atoms with Gasteiger partial charge in [-0.2, -0.15) is 0 Å². The van der Waals surface area contributed by atoms with E-state index in [0.29, 0.717) is 13.1 Å². The van der Waals surface area contributed by atoms with Gasteiger partial charge < -0.3 is 15.5 Å². The highest BCUT2D eigenvalue weighted by molar-refractivity contribution is 5.79. The molecule has 0 unspecified atom stereocenters. The van der Waals surface area contributed by atoms with Crippen LogP contribution in [-0.4, -0.2) is 42.1 Å². The summed E-state index contributed by atoms with van der Waals surface area (Å²) in [5.74, 6) is 2.27. The molecule has 2 fully saturated rings. The summed E-state index contributed by atoms with van der Waals surface area (Å²) in [5, 5.41) is 6.22. The summed E-state index contributed by atoms with van der Waals surface area (Å²) >= 11 is 0. The fraction of sp³-hybridized carbons (Fsp3) is 0.667. The van der Waals surface area contributed by atoms with E-state index in [0.717, 1.165) is 37.6 Å². The molecule has 114 valence electrons. The van der Waals surface area contributed by atoms with Crippen molar-refractivity contribution >= 4 is 17.5 Å². The highest BCUT2D eigenvalue weighted by Crippen LogP contribution is 2.26. The first kappa shape index (κ1) is 14.1. The van der Waals surface area contributed by atoms with Gasteiger partial charge in [-0.1, -0.05) is 6.42 Å². The number of carbonyl (C=O) groups is 1. The van der Waals surface area contributed by atoms with E-state index in [1.165, 1.54) is 19.3 Å². The highest BCUT2D eigenvalue weighted by atomic mass is 16.1. The zero-order valence-electron chi connectivity index (χ0n) is 12.3. The van der Waals surface area contributed by atoms with Crippen molar-refractivity contribution in [3.63, 3.8) is 0 Å². The van der Waals surface area contributed by atoms with Gasteiger partial charge in [0.2, 0.25) is 5.91 Å². The van der Waals surface area contributed by atoms with Gasteiger partial charge in [-0.15, -0.1) is 0 Å². The van der Waals surface area contributed by atoms with Crippen LogP contribution in [0.5, 0.6) is 0 Å². The van der Waals surface area contributed by atoms with Crippen LogP contribution in [0.25, 0.3) is 0 Å². The number of hydrogen-bond acceptors (Lipinski definition) is 5. The molecule has 21 heavy (non-hydrogen) atoms. The van der Waals surface area contributed by atoms with Gasteiger partial charge in [-0.05, 0) is 25.7 Å². The molecular weight excluding hydrogens is 266 g/mol. The summed E-state index contributed by atoms with van der Waals surface area (Å²) in [7, 11) is 0. The number of amides is 1. The molecule has 2 N–H and O–H groups in total. The maximum Gasteiger partial charge on any atom is 0.223 e. The van der Waals surface area contributed by atoms with Crippen molar-refractivity contribution in [1.29, 1.82) is 0 Å². The Morgan fingerprint density at radius 2 is 2.00 bits per heavy atom. The van der Waals surface area contributed by atoms with E-state index in [9.17, 15) is 4.79 Å². The van der Waals surface area contributed by atoms with Gasteiger partial charge in [-0.25, -0.2) is 9.97 Å². The zero-order chi connectivity index (χ0) is 14.5. The van der Waals surface area contributed by atoms with E-state index in [1.54, 1.807) is 6.33 Å². The summed E-state index contributed by atoms with van der Waals surface area (Å²) in [6.07, 6.45) is 7.36. The molecule has 1 aromatic rings. The fourth-order valence-electron chi connectivity index (χ4n) is 2.75. The van der Waals surface area contributed by atoms with Crippen LogP contribution in [0.15, 0.2) is 12.4 Å². The van der Waals surface area contributed by atoms with Gasteiger partial charge in [0.15, 0.2) is 0 Å². The molecule has 0 aromatic carbocycles. The maximum absolute atomic E-state index is 11.7. The maximum atomic E-state index is 11.7. The van der Waals surface area contributed by atoms with Gasteiger partial charge in [0.1, 0.15) is 18.0 Å². The second kappa shape index (κ2) is 6.74. The van der Waals surface area contributed by atoms with Gasteiger partial charge in [0, 0.05) is 38.2 Å². The standard InChI is InChI=1S/C15H23N5O/c21-15(12-4-3-5-12)17-7-6-16-13-10-14(19-11-18-13)20-8-1-2-9-20/h10-12H,1-9H2,(H,17,21)(H,16,18,19). The van der Waals surface area contributed by atoms with Crippen LogP contribution < -0.4 is 15.5 Å². The Balaban J connectivity index is 1.42. The first-order chi connectivity index (χ1) is 10.3. The predicted octanol–water partition coefficient (Wildman–Crippen LogP) is 1.40. The average Bonchev–Trinajstić information content (AvgIpc) is 2.96. The van der Waals surface area contributed by atoms with Crippen LogP contribution in [0.4, 0.5) is 11.6 Å². The molecule has 1 saturated heterocycles. The van der Waals surface area contributed by atoms with Crippen LogP contribution in [-0.2, 0) is 4.79 Å². The van der Waals surface area contributed by atoms with Crippen molar-refractivity contribution in [1.82, 2.24) is 15.3 Å². The lowest BCUT2D eigenvalue weighted by molar-refractivity contribution is -0.127. The molecule has 1 aliphatic heterocycles. The molecule has 6 heteroatoms. The normalized spacial score (nSPS) is 18.4. The van der Waals surface area contributed by atoms with Crippen molar-refractivity contribution in [3.8, 4) is 0 Å². The highest BCUT2D eigenvalue weighted by Gasteiger charge is 2.24. The van der Waals surface area contributed by atoms with E-state index in [1.807, 2.05) is 6.07 Å². The van der Waals surface area contributed by atoms with E-state index in [4.69, 9.17) is 0 Å². The van der Waals surface area contributed by atoms with Crippen molar-refractivity contribution in [2.45, 2.75) is 32.1 Å². The third-order valence-corrected chi connectivity index (χ3v) is 4.29. The van der Waals surface area contributed by atoms with Crippen LogP contribution >= 0.6 is 0 Å². The van der Waals surface area contributed by atoms with E-state index in [-0.39, 0.29) is 11.8 Å². The quantitative estimate of drug-likeness (QED) is 0.775. The lowest BCUT2D eigenvalue weighted by atomic mass is 9.85. The molecular formula is C15H23N5O. The Bertz CT molecular complexity index is 483. The fourth-order valence-corrected chi connectivity index (χ4v) is 2.75. The largest absolute Gasteiger partial charge is 0.368 e. The zero-order valence-corrected chi connectivity index (χ0v) is 12.3. The average molecular weight is 289 g/mol. The third-order valence-electron chi connectivity index (χ3n) is 4.29. The molecule has 0 radical (unpaired) electrons. The smallest absolute Gasteiger partial charge is 0.223 e. The first-order valence-corrected chi connectivity index (χ1v) is 7.91. The summed E-state index contributed by atoms with van der Waals surface area (Å²) in [6, 6.07) is 1.99. The van der Waals surface area contributed by atoms with Crippen molar-refractivity contribution < 1.29 is 4.79 Å². The molecule has 0 atom stereocenters. The van der Waals surface area contributed by atoms with Crippen molar-refractivity contribution in [2.75, 3.05) is 36.4 Å². The third kappa shape index (κ3) is 3.62. The number of carbonyl (C=O) groups excluding carboxylic acids is 1. The van der Waals surface area contributed by atoms with Crippen LogP contribution in [0.1, 0.15) is 32.1 Å². The van der Waals surface area contributed by atoms with Gasteiger partial charge in [0.25, 0.3) is 0 Å². The molecule has 2 aliphatic rings. The SMILES string of the molecule is O=C(NCCNc1cc(N2CCCC2)ncn1)C1CCC1. The number of nitrogens with zero attached hydrogens (tertiary/aromatic N) is 3. The molecule has 2 heterocycles. The minimum atomic E-state index is 0.198. The number of rotatable bonds is 6. The lowest BCUT2D eigenvalue weighted by Crippen LogP contribution is -2.36. The molecule has 1 aromatic heterocycles. The van der Waals surface area contributed by atoms with E-state index in [2.05, 4.69) is 25.5 Å². The molecule has 0 spiro atoms. The molecule has 1 amide bonds. The van der Waals surface area contributed by atoms with Gasteiger partial charge >= 0.3 is 0 Å². The Hall–Kier alpha value is -1.85. The van der Waals surface area contributed by atoms with Crippen LogP contribution in [0.2, 0.25) is 0 Å². The van der Waals surface area contributed by atoms with Crippen molar-refractivity contribution in [3.05, 3.63) is 12.4 Å². The molecule has 6 nitrogen and oxygen atoms in total. The van der Waals surface area contributed by atoms with E-state index < -0.39 is 0 Å². The second-order valence-corrected chi connectivity index (χ2v) is 5.80. The number of hydrogen-bond donors (Lipinski definition) is 2. The molecule has 1 saturated carbocycles. The summed E-state index contributed by atoms with van der Waals surface area (Å²) < 4.78 is 0. The summed E-state index contributed by atoms with van der Waals surface area (Å²) in [5.41, 5.74) is 0. The topological polar surface area (TPSA) is 70.2 Å². The minimum Gasteiger partial charge on any atom is -0.368 e. The number of aromatic nitrogens is 2. The minimum absolute atomic E-state index is 0.198. The lowest BCUT2D eigenvalue weighted by Gasteiger charge is -2.24. The molecule has 0 bridgehead atoms. The Kier molecular flexibility index (Phi) is 4.52. The van der Waals surface area contributed by atoms with Crippen molar-refractivity contribution in [2.24, 2.45) is 5.92 Å². The van der Waals surface area contributed by atoms with E-state index >= 15 is 0 Å². The van der Waals surface area contributed by atoms with Crippen LogP contribution in [0, 0.1) is 5.92 Å². The molecule has 1 aliphatic carbocycles. The second-order valence-electron chi connectivity index (χ2n) is 5.80. The Morgan fingerprint density at radius 3 is 2.71 bits per heavy atom. The monoisotopic (exact) mass is 289 g/mol. The number of nitrogens with one attached hydrogen (secondary N) is 2. The molecule has 3 rings (SSSR count). The van der Waals surface area contributed by atoms with Gasteiger partial charge in [-0.3, -0.25) is 4.79 Å². The summed E-state index contributed by atoms with van der Waals surface area (Å²) in [4.78, 5) is 22.5. The summed E-state index contributed by atoms with van der Waals surface area (Å²) in [6.45, 7) is 3.48. The predicted molar refractivity (Wildman–Crippen MR) is 82.3 cm³/mol.